The monoisotopic (exact) mass is 396 g/mol. The van der Waals surface area contributed by atoms with Gasteiger partial charge >= 0.3 is 6.36 Å². The molecule has 2 amide bonds. The van der Waals surface area contributed by atoms with Crippen molar-refractivity contribution in [2.75, 3.05) is 13.1 Å². The number of benzene rings is 2. The average molecular weight is 396 g/mol. The standard InChI is InChI=1S/C19H19F3N2O4/c20-19(21,22)28-15-8-6-13(7-9-15)16(25)12-24-17(26)10-11-23-18(27)14-4-2-1-3-5-14/h1-9,16,25H,10-12H2,(H,23,27)(H,24,26). The summed E-state index contributed by atoms with van der Waals surface area (Å²) >= 11 is 0. The van der Waals surface area contributed by atoms with Crippen LogP contribution in [0.5, 0.6) is 5.75 Å². The number of hydrogen-bond acceptors (Lipinski definition) is 4. The van der Waals surface area contributed by atoms with Gasteiger partial charge in [0.1, 0.15) is 5.75 Å². The fourth-order valence-electron chi connectivity index (χ4n) is 2.29. The molecule has 0 saturated carbocycles. The topological polar surface area (TPSA) is 87.7 Å². The van der Waals surface area contributed by atoms with E-state index in [9.17, 15) is 27.9 Å². The van der Waals surface area contributed by atoms with Crippen LogP contribution in [-0.2, 0) is 4.79 Å². The zero-order valence-corrected chi connectivity index (χ0v) is 14.7. The third-order valence-corrected chi connectivity index (χ3v) is 3.66. The number of carbonyl (C=O) groups excluding carboxylic acids is 2. The molecule has 0 heterocycles. The molecule has 0 spiro atoms. The van der Waals surface area contributed by atoms with Crippen molar-refractivity contribution in [1.82, 2.24) is 10.6 Å². The predicted octanol–water partition coefficient (Wildman–Crippen LogP) is 2.55. The zero-order chi connectivity index (χ0) is 20.6. The van der Waals surface area contributed by atoms with Gasteiger partial charge in [-0.05, 0) is 29.8 Å². The van der Waals surface area contributed by atoms with Gasteiger partial charge in [-0.1, -0.05) is 30.3 Å². The average Bonchev–Trinajstić information content (AvgIpc) is 2.66. The van der Waals surface area contributed by atoms with Crippen LogP contribution in [-0.4, -0.2) is 36.4 Å². The van der Waals surface area contributed by atoms with Crippen LogP contribution in [0.25, 0.3) is 0 Å². The van der Waals surface area contributed by atoms with Crippen LogP contribution in [0, 0.1) is 0 Å². The van der Waals surface area contributed by atoms with E-state index in [0.29, 0.717) is 11.1 Å². The number of carbonyl (C=O) groups is 2. The molecule has 0 bridgehead atoms. The highest BCUT2D eigenvalue weighted by Crippen LogP contribution is 2.24. The number of rotatable bonds is 8. The Balaban J connectivity index is 1.71. The van der Waals surface area contributed by atoms with Gasteiger partial charge < -0.3 is 20.5 Å². The SMILES string of the molecule is O=C(CCNC(=O)c1ccccc1)NCC(O)c1ccc(OC(F)(F)F)cc1. The summed E-state index contributed by atoms with van der Waals surface area (Å²) < 4.78 is 40.1. The van der Waals surface area contributed by atoms with Gasteiger partial charge in [-0.3, -0.25) is 9.59 Å². The fourth-order valence-corrected chi connectivity index (χ4v) is 2.29. The summed E-state index contributed by atoms with van der Waals surface area (Å²) in [6.45, 7) is 0.00404. The van der Waals surface area contributed by atoms with E-state index in [1.165, 1.54) is 12.1 Å². The van der Waals surface area contributed by atoms with Crippen LogP contribution >= 0.6 is 0 Å². The van der Waals surface area contributed by atoms with E-state index in [1.807, 2.05) is 0 Å². The van der Waals surface area contributed by atoms with Crippen molar-refractivity contribution in [3.05, 3.63) is 65.7 Å². The van der Waals surface area contributed by atoms with E-state index in [-0.39, 0.29) is 31.3 Å². The number of amides is 2. The van der Waals surface area contributed by atoms with E-state index in [2.05, 4.69) is 15.4 Å². The minimum atomic E-state index is -4.79. The van der Waals surface area contributed by atoms with Crippen LogP contribution < -0.4 is 15.4 Å². The minimum absolute atomic E-state index is 0.0175. The predicted molar refractivity (Wildman–Crippen MR) is 94.5 cm³/mol. The van der Waals surface area contributed by atoms with Crippen molar-refractivity contribution in [1.29, 1.82) is 0 Å². The van der Waals surface area contributed by atoms with Crippen LogP contribution in [0.15, 0.2) is 54.6 Å². The number of aliphatic hydroxyl groups is 1. The van der Waals surface area contributed by atoms with Crippen LogP contribution in [0.1, 0.15) is 28.4 Å². The van der Waals surface area contributed by atoms with E-state index in [4.69, 9.17) is 0 Å². The molecule has 0 aromatic heterocycles. The fraction of sp³-hybridized carbons (Fsp3) is 0.263. The first kappa shape index (κ1) is 21.2. The maximum Gasteiger partial charge on any atom is 0.573 e. The minimum Gasteiger partial charge on any atom is -0.406 e. The number of hydrogen-bond donors (Lipinski definition) is 3. The lowest BCUT2D eigenvalue weighted by atomic mass is 10.1. The highest BCUT2D eigenvalue weighted by Gasteiger charge is 2.31. The third kappa shape index (κ3) is 7.28. The number of alkyl halides is 3. The summed E-state index contributed by atoms with van der Waals surface area (Å²) in [4.78, 5) is 23.6. The Bertz CT molecular complexity index is 780. The maximum atomic E-state index is 12.1. The van der Waals surface area contributed by atoms with Crippen molar-refractivity contribution < 1.29 is 32.6 Å². The Kier molecular flexibility index (Phi) is 7.39. The summed E-state index contributed by atoms with van der Waals surface area (Å²) in [7, 11) is 0. The van der Waals surface area contributed by atoms with E-state index in [1.54, 1.807) is 30.3 Å². The Hall–Kier alpha value is -3.07. The van der Waals surface area contributed by atoms with Gasteiger partial charge in [0, 0.05) is 25.1 Å². The van der Waals surface area contributed by atoms with Gasteiger partial charge in [0.25, 0.3) is 5.91 Å². The van der Waals surface area contributed by atoms with Crippen molar-refractivity contribution in [2.24, 2.45) is 0 Å². The largest absolute Gasteiger partial charge is 0.573 e. The molecule has 28 heavy (non-hydrogen) atoms. The molecular formula is C19H19F3N2O4. The first-order valence-electron chi connectivity index (χ1n) is 8.38. The molecule has 0 aliphatic heterocycles. The van der Waals surface area contributed by atoms with Crippen molar-refractivity contribution in [2.45, 2.75) is 18.9 Å². The smallest absolute Gasteiger partial charge is 0.406 e. The molecule has 1 unspecified atom stereocenters. The highest BCUT2D eigenvalue weighted by atomic mass is 19.4. The molecule has 0 aliphatic carbocycles. The Morgan fingerprint density at radius 3 is 2.25 bits per heavy atom. The van der Waals surface area contributed by atoms with E-state index >= 15 is 0 Å². The van der Waals surface area contributed by atoms with Gasteiger partial charge in [0.2, 0.25) is 5.91 Å². The molecule has 6 nitrogen and oxygen atoms in total. The van der Waals surface area contributed by atoms with Crippen molar-refractivity contribution in [3.8, 4) is 5.75 Å². The second-order valence-electron chi connectivity index (χ2n) is 5.81. The molecule has 2 aromatic carbocycles. The summed E-state index contributed by atoms with van der Waals surface area (Å²) in [6, 6.07) is 13.2. The number of ether oxygens (including phenoxy) is 1. The Morgan fingerprint density at radius 1 is 1.00 bits per heavy atom. The number of nitrogens with one attached hydrogen (secondary N) is 2. The second kappa shape index (κ2) is 9.75. The lowest BCUT2D eigenvalue weighted by molar-refractivity contribution is -0.274. The van der Waals surface area contributed by atoms with E-state index < -0.39 is 18.2 Å². The summed E-state index contributed by atoms with van der Waals surface area (Å²) in [5, 5.41) is 15.1. The summed E-state index contributed by atoms with van der Waals surface area (Å²) in [5.74, 6) is -1.08. The number of aliphatic hydroxyl groups excluding tert-OH is 1. The Labute approximate surface area is 159 Å². The summed E-state index contributed by atoms with van der Waals surface area (Å²) in [5.41, 5.74) is 0.809. The molecule has 2 rings (SSSR count). The highest BCUT2D eigenvalue weighted by molar-refractivity contribution is 5.94. The molecule has 3 N–H and O–H groups in total. The molecule has 2 aromatic rings. The van der Waals surface area contributed by atoms with Crippen LogP contribution in [0.2, 0.25) is 0 Å². The van der Waals surface area contributed by atoms with Crippen molar-refractivity contribution in [3.63, 3.8) is 0 Å². The lowest BCUT2D eigenvalue weighted by Crippen LogP contribution is -2.32. The third-order valence-electron chi connectivity index (χ3n) is 3.66. The maximum absolute atomic E-state index is 12.1. The van der Waals surface area contributed by atoms with Crippen LogP contribution in [0.4, 0.5) is 13.2 Å². The molecule has 1 atom stereocenters. The second-order valence-corrected chi connectivity index (χ2v) is 5.81. The normalized spacial score (nSPS) is 12.1. The van der Waals surface area contributed by atoms with E-state index in [0.717, 1.165) is 12.1 Å². The van der Waals surface area contributed by atoms with Gasteiger partial charge in [0.15, 0.2) is 0 Å². The molecule has 0 fully saturated rings. The quantitative estimate of drug-likeness (QED) is 0.640. The molecular weight excluding hydrogens is 377 g/mol. The molecule has 0 aliphatic rings. The van der Waals surface area contributed by atoms with Gasteiger partial charge in [-0.25, -0.2) is 0 Å². The van der Waals surface area contributed by atoms with Gasteiger partial charge in [0.05, 0.1) is 6.10 Å². The first-order chi connectivity index (χ1) is 13.2. The Morgan fingerprint density at radius 2 is 1.64 bits per heavy atom. The number of halogens is 3. The van der Waals surface area contributed by atoms with Gasteiger partial charge in [-0.15, -0.1) is 13.2 Å². The molecule has 0 radical (unpaired) electrons. The van der Waals surface area contributed by atoms with Crippen LogP contribution in [0.3, 0.4) is 0 Å². The first-order valence-corrected chi connectivity index (χ1v) is 8.38. The van der Waals surface area contributed by atoms with Crippen molar-refractivity contribution >= 4 is 11.8 Å². The molecule has 0 saturated heterocycles. The summed E-state index contributed by atoms with van der Waals surface area (Å²) in [6.07, 6.45) is -5.86. The lowest BCUT2D eigenvalue weighted by Gasteiger charge is -2.14. The zero-order valence-electron chi connectivity index (χ0n) is 14.7. The van der Waals surface area contributed by atoms with Gasteiger partial charge in [-0.2, -0.15) is 0 Å². The molecule has 9 heteroatoms. The molecule has 150 valence electrons.